The molecule has 2 aromatic carbocycles. The van der Waals surface area contributed by atoms with Crippen molar-refractivity contribution in [2.24, 2.45) is 0 Å². The topological polar surface area (TPSA) is 54.3 Å². The number of nitrogens with zero attached hydrogens (tertiary/aromatic N) is 5. The van der Waals surface area contributed by atoms with Crippen molar-refractivity contribution in [3.8, 4) is 5.69 Å². The first-order valence-electron chi connectivity index (χ1n) is 10.3. The first kappa shape index (κ1) is 21.2. The molecule has 0 aliphatic carbocycles. The lowest BCUT2D eigenvalue weighted by molar-refractivity contribution is 0.0984. The Bertz CT molecular complexity index is 1230. The number of aromatic nitrogens is 3. The molecule has 0 aliphatic heterocycles. The summed E-state index contributed by atoms with van der Waals surface area (Å²) in [6, 6.07) is 14.1. The van der Waals surface area contributed by atoms with E-state index in [2.05, 4.69) is 36.0 Å². The van der Waals surface area contributed by atoms with Gasteiger partial charge in [0, 0.05) is 13.1 Å². The van der Waals surface area contributed by atoms with Gasteiger partial charge in [-0.3, -0.25) is 9.69 Å². The highest BCUT2D eigenvalue weighted by molar-refractivity contribution is 7.22. The number of fused-ring (bicyclic) bond motifs is 1. The van der Waals surface area contributed by atoms with Crippen LogP contribution in [0.1, 0.15) is 27.2 Å². The summed E-state index contributed by atoms with van der Waals surface area (Å²) in [5.74, 6) is -0.0741. The van der Waals surface area contributed by atoms with E-state index >= 15 is 0 Å². The van der Waals surface area contributed by atoms with Crippen LogP contribution in [0, 0.1) is 20.8 Å². The number of hydrogen-bond donors (Lipinski definition) is 0. The SMILES string of the molecule is Cc1cc(C)c2sc(N(CCN(C)C)C(=O)c3cnn(-c4ccccc4)c3C)nc2c1. The van der Waals surface area contributed by atoms with Gasteiger partial charge in [-0.05, 0) is 64.2 Å². The Morgan fingerprint density at radius 2 is 1.81 bits per heavy atom. The zero-order chi connectivity index (χ0) is 22.1. The number of aryl methyl sites for hydroxylation is 2. The number of amides is 1. The van der Waals surface area contributed by atoms with Crippen molar-refractivity contribution in [3.05, 3.63) is 71.0 Å². The molecule has 0 N–H and O–H groups in total. The van der Waals surface area contributed by atoms with Crippen molar-refractivity contribution in [2.45, 2.75) is 20.8 Å². The molecule has 0 radical (unpaired) electrons. The number of benzene rings is 2. The van der Waals surface area contributed by atoms with Crippen LogP contribution in [0.2, 0.25) is 0 Å². The summed E-state index contributed by atoms with van der Waals surface area (Å²) in [5.41, 5.74) is 5.65. The molecule has 160 valence electrons. The van der Waals surface area contributed by atoms with E-state index < -0.39 is 0 Å². The molecule has 0 saturated heterocycles. The largest absolute Gasteiger partial charge is 0.308 e. The molecule has 0 unspecified atom stereocenters. The van der Waals surface area contributed by atoms with Crippen molar-refractivity contribution in [2.75, 3.05) is 32.1 Å². The van der Waals surface area contributed by atoms with Crippen molar-refractivity contribution in [1.29, 1.82) is 0 Å². The fourth-order valence-corrected chi connectivity index (χ4v) is 4.70. The first-order chi connectivity index (χ1) is 14.8. The van der Waals surface area contributed by atoms with Gasteiger partial charge in [-0.15, -0.1) is 0 Å². The summed E-state index contributed by atoms with van der Waals surface area (Å²) in [7, 11) is 4.01. The molecule has 2 aromatic heterocycles. The van der Waals surface area contributed by atoms with Gasteiger partial charge in [0.2, 0.25) is 0 Å². The van der Waals surface area contributed by atoms with Crippen LogP contribution in [0.3, 0.4) is 0 Å². The third-order valence-electron chi connectivity index (χ3n) is 5.30. The molecule has 4 rings (SSSR count). The molecule has 2 heterocycles. The summed E-state index contributed by atoms with van der Waals surface area (Å²) < 4.78 is 2.93. The monoisotopic (exact) mass is 433 g/mol. The standard InChI is InChI=1S/C24H27N5OS/c1-16-13-17(2)22-21(14-16)26-24(31-22)28(12-11-27(4)5)23(30)20-15-25-29(18(20)3)19-9-7-6-8-10-19/h6-10,13-15H,11-12H2,1-5H3. The van der Waals surface area contributed by atoms with Gasteiger partial charge in [0.15, 0.2) is 5.13 Å². The number of para-hydroxylation sites is 1. The summed E-state index contributed by atoms with van der Waals surface area (Å²) >= 11 is 1.57. The van der Waals surface area contributed by atoms with Crippen LogP contribution >= 0.6 is 11.3 Å². The Morgan fingerprint density at radius 3 is 2.52 bits per heavy atom. The Labute approximate surface area is 186 Å². The number of anilines is 1. The number of carbonyl (C=O) groups excluding carboxylic acids is 1. The van der Waals surface area contributed by atoms with Gasteiger partial charge in [0.1, 0.15) is 0 Å². The lowest BCUT2D eigenvalue weighted by atomic mass is 10.1. The minimum atomic E-state index is -0.0741. The second kappa shape index (κ2) is 8.61. The van der Waals surface area contributed by atoms with E-state index in [-0.39, 0.29) is 5.91 Å². The summed E-state index contributed by atoms with van der Waals surface area (Å²) in [4.78, 5) is 22.4. The van der Waals surface area contributed by atoms with E-state index in [0.717, 1.165) is 33.3 Å². The van der Waals surface area contributed by atoms with E-state index in [1.165, 1.54) is 11.1 Å². The second-order valence-corrected chi connectivity index (χ2v) is 9.06. The quantitative estimate of drug-likeness (QED) is 0.445. The molecular weight excluding hydrogens is 406 g/mol. The Hall–Kier alpha value is -3.03. The Kier molecular flexibility index (Phi) is 5.89. The van der Waals surface area contributed by atoms with E-state index in [1.54, 1.807) is 22.4 Å². The zero-order valence-electron chi connectivity index (χ0n) is 18.6. The maximum Gasteiger partial charge on any atom is 0.263 e. The predicted molar refractivity (Wildman–Crippen MR) is 128 cm³/mol. The predicted octanol–water partition coefficient (Wildman–Crippen LogP) is 4.62. The van der Waals surface area contributed by atoms with Gasteiger partial charge >= 0.3 is 0 Å². The minimum absolute atomic E-state index is 0.0741. The molecule has 0 bridgehead atoms. The Morgan fingerprint density at radius 1 is 1.06 bits per heavy atom. The molecule has 0 saturated carbocycles. The molecule has 0 fully saturated rings. The highest BCUT2D eigenvalue weighted by atomic mass is 32.1. The van der Waals surface area contributed by atoms with Gasteiger partial charge < -0.3 is 4.90 Å². The molecular formula is C24H27N5OS. The van der Waals surface area contributed by atoms with Crippen LogP contribution in [0.5, 0.6) is 0 Å². The van der Waals surface area contributed by atoms with Crippen LogP contribution in [0.4, 0.5) is 5.13 Å². The summed E-state index contributed by atoms with van der Waals surface area (Å²) in [5, 5.41) is 5.21. The van der Waals surface area contributed by atoms with E-state index in [0.29, 0.717) is 12.1 Å². The van der Waals surface area contributed by atoms with Gasteiger partial charge in [-0.25, -0.2) is 9.67 Å². The van der Waals surface area contributed by atoms with Crippen molar-refractivity contribution >= 4 is 32.6 Å². The second-order valence-electron chi connectivity index (χ2n) is 8.08. The molecule has 4 aromatic rings. The molecule has 7 heteroatoms. The van der Waals surface area contributed by atoms with Crippen molar-refractivity contribution in [3.63, 3.8) is 0 Å². The number of carbonyl (C=O) groups is 1. The van der Waals surface area contributed by atoms with Crippen LogP contribution in [0.15, 0.2) is 48.7 Å². The average Bonchev–Trinajstić information content (AvgIpc) is 3.32. The van der Waals surface area contributed by atoms with Crippen molar-refractivity contribution < 1.29 is 4.79 Å². The fraction of sp³-hybridized carbons (Fsp3) is 0.292. The number of rotatable bonds is 6. The van der Waals surface area contributed by atoms with Gasteiger partial charge in [0.25, 0.3) is 5.91 Å². The van der Waals surface area contributed by atoms with Crippen LogP contribution < -0.4 is 4.90 Å². The third-order valence-corrected chi connectivity index (χ3v) is 6.53. The Balaban J connectivity index is 1.74. The summed E-state index contributed by atoms with van der Waals surface area (Å²) in [6.45, 7) is 7.40. The van der Waals surface area contributed by atoms with Crippen LogP contribution in [-0.2, 0) is 0 Å². The van der Waals surface area contributed by atoms with Crippen molar-refractivity contribution in [1.82, 2.24) is 19.7 Å². The number of likely N-dealkylation sites (N-methyl/N-ethyl adjacent to an activating group) is 1. The molecule has 0 aliphatic rings. The lowest BCUT2D eigenvalue weighted by Gasteiger charge is -2.21. The molecule has 31 heavy (non-hydrogen) atoms. The minimum Gasteiger partial charge on any atom is -0.308 e. The van der Waals surface area contributed by atoms with Gasteiger partial charge in [0.05, 0.1) is 33.4 Å². The van der Waals surface area contributed by atoms with Gasteiger partial charge in [-0.2, -0.15) is 5.10 Å². The number of thiazole rings is 1. The molecule has 6 nitrogen and oxygen atoms in total. The normalized spacial score (nSPS) is 11.4. The smallest absolute Gasteiger partial charge is 0.263 e. The zero-order valence-corrected chi connectivity index (χ0v) is 19.4. The molecule has 1 amide bonds. The van der Waals surface area contributed by atoms with E-state index in [4.69, 9.17) is 4.98 Å². The van der Waals surface area contributed by atoms with Crippen LogP contribution in [0.25, 0.3) is 15.9 Å². The first-order valence-corrected chi connectivity index (χ1v) is 11.1. The maximum absolute atomic E-state index is 13.7. The van der Waals surface area contributed by atoms with E-state index in [1.807, 2.05) is 56.0 Å². The summed E-state index contributed by atoms with van der Waals surface area (Å²) in [6.07, 6.45) is 1.66. The molecule has 0 atom stereocenters. The average molecular weight is 434 g/mol. The maximum atomic E-state index is 13.7. The highest BCUT2D eigenvalue weighted by Crippen LogP contribution is 2.33. The number of hydrogen-bond acceptors (Lipinski definition) is 5. The fourth-order valence-electron chi connectivity index (χ4n) is 3.66. The van der Waals surface area contributed by atoms with Crippen LogP contribution in [-0.4, -0.2) is 52.8 Å². The highest BCUT2D eigenvalue weighted by Gasteiger charge is 2.25. The third kappa shape index (κ3) is 4.24. The van der Waals surface area contributed by atoms with E-state index in [9.17, 15) is 4.79 Å². The van der Waals surface area contributed by atoms with Gasteiger partial charge in [-0.1, -0.05) is 35.6 Å². The lowest BCUT2D eigenvalue weighted by Crippen LogP contribution is -2.37. The molecule has 0 spiro atoms.